The maximum Gasteiger partial charge on any atom is 0.407 e. The summed E-state index contributed by atoms with van der Waals surface area (Å²) < 4.78 is 5.16. The summed E-state index contributed by atoms with van der Waals surface area (Å²) in [4.78, 5) is 18.7. The van der Waals surface area contributed by atoms with Crippen LogP contribution in [0.5, 0.6) is 0 Å². The van der Waals surface area contributed by atoms with E-state index < -0.39 is 5.60 Å². The van der Waals surface area contributed by atoms with Crippen molar-refractivity contribution in [2.24, 2.45) is 0 Å². The van der Waals surface area contributed by atoms with E-state index in [1.54, 1.807) is 6.33 Å². The number of amides is 1. The zero-order valence-electron chi connectivity index (χ0n) is 12.6. The van der Waals surface area contributed by atoms with Gasteiger partial charge in [-0.2, -0.15) is 0 Å². The molecular weight excluding hydrogens is 266 g/mol. The molecule has 0 radical (unpaired) electrons. The Hall–Kier alpha value is -2.30. The predicted octanol–water partition coefficient (Wildman–Crippen LogP) is 3.49. The van der Waals surface area contributed by atoms with Crippen LogP contribution < -0.4 is 5.32 Å². The highest BCUT2D eigenvalue weighted by Gasteiger charge is 2.15. The third kappa shape index (κ3) is 4.95. The highest BCUT2D eigenvalue weighted by molar-refractivity contribution is 5.77. The number of imidazole rings is 1. The van der Waals surface area contributed by atoms with Gasteiger partial charge in [0.15, 0.2) is 0 Å². The van der Waals surface area contributed by atoms with Crippen molar-refractivity contribution in [1.82, 2.24) is 15.3 Å². The SMILES string of the molecule is CC(C)(C)OC(=O)NCCC=Cc1ccc2nc[nH]c2c1. The van der Waals surface area contributed by atoms with E-state index >= 15 is 0 Å². The van der Waals surface area contributed by atoms with Crippen molar-refractivity contribution in [1.29, 1.82) is 0 Å². The number of carbonyl (C=O) groups is 1. The van der Waals surface area contributed by atoms with Gasteiger partial charge < -0.3 is 15.0 Å². The van der Waals surface area contributed by atoms with E-state index in [4.69, 9.17) is 4.74 Å². The standard InChI is InChI=1S/C16H21N3O2/c1-16(2,3)21-15(20)17-9-5-4-6-12-7-8-13-14(10-12)19-11-18-13/h4,6-8,10-11H,5,9H2,1-3H3,(H,17,20)(H,18,19). The zero-order valence-corrected chi connectivity index (χ0v) is 12.6. The number of carbonyl (C=O) groups excluding carboxylic acids is 1. The van der Waals surface area contributed by atoms with Gasteiger partial charge in [0.25, 0.3) is 0 Å². The lowest BCUT2D eigenvalue weighted by molar-refractivity contribution is 0.0529. The number of hydrogen-bond acceptors (Lipinski definition) is 3. The summed E-state index contributed by atoms with van der Waals surface area (Å²) in [6, 6.07) is 6.03. The smallest absolute Gasteiger partial charge is 0.407 e. The number of ether oxygens (including phenoxy) is 1. The summed E-state index contributed by atoms with van der Waals surface area (Å²) in [5.74, 6) is 0. The van der Waals surface area contributed by atoms with Gasteiger partial charge >= 0.3 is 6.09 Å². The van der Waals surface area contributed by atoms with Gasteiger partial charge in [-0.25, -0.2) is 9.78 Å². The van der Waals surface area contributed by atoms with E-state index in [0.717, 1.165) is 23.0 Å². The monoisotopic (exact) mass is 287 g/mol. The molecule has 1 aromatic carbocycles. The van der Waals surface area contributed by atoms with Crippen LogP contribution in [0.3, 0.4) is 0 Å². The number of aromatic nitrogens is 2. The van der Waals surface area contributed by atoms with Crippen LogP contribution >= 0.6 is 0 Å². The highest BCUT2D eigenvalue weighted by Crippen LogP contribution is 2.12. The van der Waals surface area contributed by atoms with Gasteiger partial charge in [0, 0.05) is 6.54 Å². The second kappa shape index (κ2) is 6.43. The Bertz CT molecular complexity index is 638. The summed E-state index contributed by atoms with van der Waals surface area (Å²) in [5.41, 5.74) is 2.62. The number of nitrogens with one attached hydrogen (secondary N) is 2. The van der Waals surface area contributed by atoms with Gasteiger partial charge in [-0.3, -0.25) is 0 Å². The van der Waals surface area contributed by atoms with E-state index in [0.29, 0.717) is 6.54 Å². The third-order valence-electron chi connectivity index (χ3n) is 2.73. The molecule has 2 aromatic rings. The summed E-state index contributed by atoms with van der Waals surface area (Å²) in [7, 11) is 0. The first kappa shape index (κ1) is 15.1. The number of H-pyrrole nitrogens is 1. The molecule has 0 saturated carbocycles. The zero-order chi connectivity index (χ0) is 15.3. The number of benzene rings is 1. The van der Waals surface area contributed by atoms with Crippen molar-refractivity contribution >= 4 is 23.2 Å². The maximum absolute atomic E-state index is 11.4. The molecular formula is C16H21N3O2. The average molecular weight is 287 g/mol. The Morgan fingerprint density at radius 3 is 3.00 bits per heavy atom. The second-order valence-electron chi connectivity index (χ2n) is 5.80. The van der Waals surface area contributed by atoms with Gasteiger partial charge in [0.1, 0.15) is 5.60 Å². The first-order valence-corrected chi connectivity index (χ1v) is 7.00. The van der Waals surface area contributed by atoms with Crippen LogP contribution in [-0.4, -0.2) is 28.2 Å². The molecule has 2 rings (SSSR count). The Kier molecular flexibility index (Phi) is 4.62. The molecule has 0 bridgehead atoms. The number of alkyl carbamates (subject to hydrolysis) is 1. The van der Waals surface area contributed by atoms with Crippen LogP contribution in [-0.2, 0) is 4.74 Å². The molecule has 0 saturated heterocycles. The molecule has 0 aliphatic heterocycles. The summed E-state index contributed by atoms with van der Waals surface area (Å²) in [6.45, 7) is 6.09. The van der Waals surface area contributed by atoms with E-state index in [1.807, 2.05) is 51.1 Å². The molecule has 5 heteroatoms. The number of rotatable bonds is 4. The molecule has 112 valence electrons. The lowest BCUT2D eigenvalue weighted by atomic mass is 10.2. The predicted molar refractivity (Wildman–Crippen MR) is 84.0 cm³/mol. The summed E-state index contributed by atoms with van der Waals surface area (Å²) in [5, 5.41) is 2.72. The van der Waals surface area contributed by atoms with Crippen molar-refractivity contribution in [2.75, 3.05) is 6.54 Å². The van der Waals surface area contributed by atoms with Crippen LogP contribution in [0, 0.1) is 0 Å². The second-order valence-corrected chi connectivity index (χ2v) is 5.80. The number of hydrogen-bond donors (Lipinski definition) is 2. The molecule has 0 unspecified atom stereocenters. The summed E-state index contributed by atoms with van der Waals surface area (Å²) >= 11 is 0. The minimum Gasteiger partial charge on any atom is -0.444 e. The van der Waals surface area contributed by atoms with Crippen molar-refractivity contribution in [3.8, 4) is 0 Å². The molecule has 0 aliphatic rings. The molecule has 1 amide bonds. The Morgan fingerprint density at radius 2 is 2.24 bits per heavy atom. The number of fused-ring (bicyclic) bond motifs is 1. The molecule has 0 atom stereocenters. The molecule has 5 nitrogen and oxygen atoms in total. The van der Waals surface area contributed by atoms with Gasteiger partial charge in [-0.1, -0.05) is 18.2 Å². The number of aromatic amines is 1. The van der Waals surface area contributed by atoms with Gasteiger partial charge in [-0.05, 0) is 44.9 Å². The average Bonchev–Trinajstić information content (AvgIpc) is 2.83. The fourth-order valence-electron chi connectivity index (χ4n) is 1.85. The molecule has 0 aliphatic carbocycles. The van der Waals surface area contributed by atoms with Gasteiger partial charge in [0.05, 0.1) is 17.4 Å². The van der Waals surface area contributed by atoms with Crippen LogP contribution in [0.25, 0.3) is 17.1 Å². The van der Waals surface area contributed by atoms with Crippen LogP contribution in [0.15, 0.2) is 30.6 Å². The van der Waals surface area contributed by atoms with E-state index in [1.165, 1.54) is 0 Å². The molecule has 0 spiro atoms. The molecule has 0 fully saturated rings. The fraction of sp³-hybridized carbons (Fsp3) is 0.375. The van der Waals surface area contributed by atoms with E-state index in [-0.39, 0.29) is 6.09 Å². The molecule has 1 heterocycles. The van der Waals surface area contributed by atoms with Crippen LogP contribution in [0.4, 0.5) is 4.79 Å². The normalized spacial score (nSPS) is 12.0. The Balaban J connectivity index is 1.76. The molecule has 1 aromatic heterocycles. The minimum atomic E-state index is -0.459. The topological polar surface area (TPSA) is 67.0 Å². The lowest BCUT2D eigenvalue weighted by Crippen LogP contribution is -2.32. The highest BCUT2D eigenvalue weighted by atomic mass is 16.6. The summed E-state index contributed by atoms with van der Waals surface area (Å²) in [6.07, 6.45) is 6.10. The lowest BCUT2D eigenvalue weighted by Gasteiger charge is -2.19. The van der Waals surface area contributed by atoms with Crippen molar-refractivity contribution in [2.45, 2.75) is 32.8 Å². The van der Waals surface area contributed by atoms with E-state index in [9.17, 15) is 4.79 Å². The Morgan fingerprint density at radius 1 is 1.43 bits per heavy atom. The van der Waals surface area contributed by atoms with Crippen molar-refractivity contribution in [3.05, 3.63) is 36.2 Å². The van der Waals surface area contributed by atoms with Crippen LogP contribution in [0.2, 0.25) is 0 Å². The first-order valence-electron chi connectivity index (χ1n) is 7.00. The number of nitrogens with zero attached hydrogens (tertiary/aromatic N) is 1. The van der Waals surface area contributed by atoms with Gasteiger partial charge in [-0.15, -0.1) is 0 Å². The van der Waals surface area contributed by atoms with Crippen molar-refractivity contribution < 1.29 is 9.53 Å². The minimum absolute atomic E-state index is 0.380. The molecule has 21 heavy (non-hydrogen) atoms. The van der Waals surface area contributed by atoms with E-state index in [2.05, 4.69) is 15.3 Å². The quantitative estimate of drug-likeness (QED) is 0.846. The Labute approximate surface area is 124 Å². The molecule has 2 N–H and O–H groups in total. The van der Waals surface area contributed by atoms with Gasteiger partial charge in [0.2, 0.25) is 0 Å². The first-order chi connectivity index (χ1) is 9.94. The fourth-order valence-corrected chi connectivity index (χ4v) is 1.85. The van der Waals surface area contributed by atoms with Crippen LogP contribution in [0.1, 0.15) is 32.8 Å². The maximum atomic E-state index is 11.4. The van der Waals surface area contributed by atoms with Crippen molar-refractivity contribution in [3.63, 3.8) is 0 Å². The largest absolute Gasteiger partial charge is 0.444 e. The third-order valence-corrected chi connectivity index (χ3v) is 2.73.